The molecule has 0 atom stereocenters. The zero-order valence-corrected chi connectivity index (χ0v) is 11.3. The Morgan fingerprint density at radius 3 is 2.22 bits per heavy atom. The second kappa shape index (κ2) is 4.05. The summed E-state index contributed by atoms with van der Waals surface area (Å²) < 4.78 is 1.69. The van der Waals surface area contributed by atoms with Gasteiger partial charge in [-0.1, -0.05) is 5.57 Å². The average Bonchev–Trinajstić information content (AvgIpc) is 2.61. The molecule has 1 aliphatic carbocycles. The molecule has 94 valence electrons. The summed E-state index contributed by atoms with van der Waals surface area (Å²) in [4.78, 5) is 28.6. The number of ketones is 2. The van der Waals surface area contributed by atoms with Crippen LogP contribution in [0, 0.1) is 0 Å². The predicted molar refractivity (Wildman–Crippen MR) is 69.6 cm³/mol. The Bertz CT molecular complexity index is 626. The van der Waals surface area contributed by atoms with E-state index in [1.54, 1.807) is 25.5 Å². The number of aromatic nitrogens is 2. The molecule has 1 aromatic heterocycles. The van der Waals surface area contributed by atoms with Crippen LogP contribution in [0.2, 0.25) is 0 Å². The van der Waals surface area contributed by atoms with Gasteiger partial charge in [-0.2, -0.15) is 0 Å². The summed E-state index contributed by atoms with van der Waals surface area (Å²) in [7, 11) is 1.76. The molecule has 0 aliphatic heterocycles. The van der Waals surface area contributed by atoms with E-state index in [-0.39, 0.29) is 17.3 Å². The van der Waals surface area contributed by atoms with Crippen LogP contribution in [0.5, 0.6) is 0 Å². The van der Waals surface area contributed by atoms with E-state index in [9.17, 15) is 9.59 Å². The highest BCUT2D eigenvalue weighted by atomic mass is 16.1. The van der Waals surface area contributed by atoms with Crippen molar-refractivity contribution < 1.29 is 9.59 Å². The van der Waals surface area contributed by atoms with Gasteiger partial charge in [-0.15, -0.1) is 0 Å². The Morgan fingerprint density at radius 2 is 1.67 bits per heavy atom. The summed E-state index contributed by atoms with van der Waals surface area (Å²) in [5, 5.41) is 0. The van der Waals surface area contributed by atoms with Crippen molar-refractivity contribution in [3.63, 3.8) is 0 Å². The predicted octanol–water partition coefficient (Wildman–Crippen LogP) is 2.56. The molecule has 0 bridgehead atoms. The molecule has 0 N–H and O–H groups in total. The number of imidazole rings is 1. The van der Waals surface area contributed by atoms with Gasteiger partial charge in [0.1, 0.15) is 17.2 Å². The number of allylic oxidation sites excluding steroid dienone is 3. The van der Waals surface area contributed by atoms with Gasteiger partial charge in [-0.25, -0.2) is 4.98 Å². The van der Waals surface area contributed by atoms with Crippen LogP contribution in [0.4, 0.5) is 0 Å². The summed E-state index contributed by atoms with van der Waals surface area (Å²) >= 11 is 0. The molecule has 0 radical (unpaired) electrons. The first-order valence-electron chi connectivity index (χ1n) is 5.83. The Labute approximate surface area is 106 Å². The van der Waals surface area contributed by atoms with Gasteiger partial charge >= 0.3 is 0 Å². The minimum Gasteiger partial charge on any atom is -0.324 e. The lowest BCUT2D eigenvalue weighted by atomic mass is 9.92. The first-order valence-corrected chi connectivity index (χ1v) is 5.83. The molecule has 1 aliphatic rings. The maximum absolute atomic E-state index is 12.2. The third kappa shape index (κ3) is 1.65. The van der Waals surface area contributed by atoms with Gasteiger partial charge in [0, 0.05) is 18.2 Å². The first-order chi connectivity index (χ1) is 8.34. The number of Topliss-reactive ketones (excluding diaryl/α,β-unsaturated/α-hetero) is 2. The summed E-state index contributed by atoms with van der Waals surface area (Å²) in [6, 6.07) is 0. The Morgan fingerprint density at radius 1 is 1.11 bits per heavy atom. The van der Waals surface area contributed by atoms with Crippen LogP contribution in [0.3, 0.4) is 0 Å². The Balaban J connectivity index is 2.71. The number of carbonyl (C=O) groups is 2. The van der Waals surface area contributed by atoms with Crippen LogP contribution in [0.15, 0.2) is 16.7 Å². The smallest absolute Gasteiger partial charge is 0.209 e. The second-order valence-corrected chi connectivity index (χ2v) is 4.86. The van der Waals surface area contributed by atoms with E-state index in [1.807, 2.05) is 19.9 Å². The van der Waals surface area contributed by atoms with Gasteiger partial charge in [0.05, 0.1) is 0 Å². The van der Waals surface area contributed by atoms with Crippen molar-refractivity contribution in [1.82, 2.24) is 9.55 Å². The van der Waals surface area contributed by atoms with Crippen molar-refractivity contribution >= 4 is 17.6 Å². The van der Waals surface area contributed by atoms with E-state index in [1.165, 1.54) is 0 Å². The van der Waals surface area contributed by atoms with Crippen molar-refractivity contribution in [2.24, 2.45) is 7.05 Å². The minimum absolute atomic E-state index is 0.106. The standard InChI is InChI=1S/C14H16N2O2/c1-7(2)6-10-15-11-12(16(10)5)14(18)9(4)8(3)13(11)17/h6H,1-5H3. The molecule has 0 saturated heterocycles. The fraction of sp³-hybridized carbons (Fsp3) is 0.357. The number of rotatable bonds is 1. The fourth-order valence-electron chi connectivity index (χ4n) is 2.02. The van der Waals surface area contributed by atoms with Crippen LogP contribution < -0.4 is 0 Å². The van der Waals surface area contributed by atoms with Gasteiger partial charge in [-0.3, -0.25) is 9.59 Å². The number of carbonyl (C=O) groups excluding carboxylic acids is 2. The van der Waals surface area contributed by atoms with E-state index in [0.29, 0.717) is 22.7 Å². The molecule has 4 heteroatoms. The lowest BCUT2D eigenvalue weighted by Crippen LogP contribution is -2.21. The van der Waals surface area contributed by atoms with Crippen LogP contribution in [0.25, 0.3) is 6.08 Å². The number of fused-ring (bicyclic) bond motifs is 1. The second-order valence-electron chi connectivity index (χ2n) is 4.86. The van der Waals surface area contributed by atoms with E-state index < -0.39 is 0 Å². The minimum atomic E-state index is -0.147. The maximum atomic E-state index is 12.2. The zero-order chi connectivity index (χ0) is 13.6. The van der Waals surface area contributed by atoms with Crippen molar-refractivity contribution in [2.75, 3.05) is 0 Å². The number of hydrogen-bond acceptors (Lipinski definition) is 3. The van der Waals surface area contributed by atoms with Crippen molar-refractivity contribution in [3.8, 4) is 0 Å². The topological polar surface area (TPSA) is 52.0 Å². The third-order valence-corrected chi connectivity index (χ3v) is 3.22. The molecular weight excluding hydrogens is 228 g/mol. The molecule has 1 aromatic rings. The quantitative estimate of drug-likeness (QED) is 0.762. The molecule has 0 spiro atoms. The molecular formula is C14H16N2O2. The van der Waals surface area contributed by atoms with Gasteiger partial charge in [0.2, 0.25) is 11.6 Å². The van der Waals surface area contributed by atoms with Crippen LogP contribution in [-0.2, 0) is 7.05 Å². The van der Waals surface area contributed by atoms with E-state index >= 15 is 0 Å². The molecule has 0 aromatic carbocycles. The Hall–Kier alpha value is -1.97. The highest BCUT2D eigenvalue weighted by Gasteiger charge is 2.32. The molecule has 0 unspecified atom stereocenters. The third-order valence-electron chi connectivity index (χ3n) is 3.22. The molecule has 2 rings (SSSR count). The van der Waals surface area contributed by atoms with Crippen molar-refractivity contribution in [1.29, 1.82) is 0 Å². The van der Waals surface area contributed by atoms with Gasteiger partial charge in [-0.05, 0) is 33.8 Å². The summed E-state index contributed by atoms with van der Waals surface area (Å²) in [6.07, 6.45) is 1.86. The van der Waals surface area contributed by atoms with Gasteiger partial charge in [0.15, 0.2) is 0 Å². The van der Waals surface area contributed by atoms with Gasteiger partial charge in [0.25, 0.3) is 0 Å². The van der Waals surface area contributed by atoms with Crippen molar-refractivity contribution in [2.45, 2.75) is 27.7 Å². The normalized spacial score (nSPS) is 14.9. The van der Waals surface area contributed by atoms with Crippen LogP contribution >= 0.6 is 0 Å². The summed E-state index contributed by atoms with van der Waals surface area (Å²) in [6.45, 7) is 7.26. The molecule has 0 amide bonds. The van der Waals surface area contributed by atoms with E-state index in [0.717, 1.165) is 5.57 Å². The highest BCUT2D eigenvalue weighted by molar-refractivity contribution is 6.25. The highest BCUT2D eigenvalue weighted by Crippen LogP contribution is 2.26. The zero-order valence-electron chi connectivity index (χ0n) is 11.3. The molecule has 4 nitrogen and oxygen atoms in total. The first kappa shape index (κ1) is 12.5. The van der Waals surface area contributed by atoms with Crippen LogP contribution in [-0.4, -0.2) is 21.1 Å². The van der Waals surface area contributed by atoms with Crippen molar-refractivity contribution in [3.05, 3.63) is 33.9 Å². The SMILES string of the molecule is CC(C)=Cc1nc2c(n1C)C(=O)C(C)=C(C)C2=O. The summed E-state index contributed by atoms with van der Waals surface area (Å²) in [5.41, 5.74) is 2.75. The molecule has 1 heterocycles. The van der Waals surface area contributed by atoms with Crippen LogP contribution in [0.1, 0.15) is 54.5 Å². The number of hydrogen-bond donors (Lipinski definition) is 0. The lowest BCUT2D eigenvalue weighted by Gasteiger charge is -2.13. The van der Waals surface area contributed by atoms with Gasteiger partial charge < -0.3 is 4.57 Å². The Kier molecular flexibility index (Phi) is 2.81. The van der Waals surface area contributed by atoms with E-state index in [4.69, 9.17) is 0 Å². The maximum Gasteiger partial charge on any atom is 0.209 e. The average molecular weight is 244 g/mol. The molecule has 0 saturated carbocycles. The largest absolute Gasteiger partial charge is 0.324 e. The monoisotopic (exact) mass is 244 g/mol. The molecule has 18 heavy (non-hydrogen) atoms. The number of nitrogens with zero attached hydrogens (tertiary/aromatic N) is 2. The molecule has 0 fully saturated rings. The lowest BCUT2D eigenvalue weighted by molar-refractivity contribution is 0.0967. The summed E-state index contributed by atoms with van der Waals surface area (Å²) in [5.74, 6) is 0.390. The van der Waals surface area contributed by atoms with E-state index in [2.05, 4.69) is 4.98 Å². The fourth-order valence-corrected chi connectivity index (χ4v) is 2.02.